The smallest absolute Gasteiger partial charge is 0.258 e. The average Bonchev–Trinajstić information content (AvgIpc) is 3.33. The molecule has 0 spiro atoms. The second kappa shape index (κ2) is 9.97. The van der Waals surface area contributed by atoms with Crippen molar-refractivity contribution in [1.29, 1.82) is 0 Å². The van der Waals surface area contributed by atoms with Gasteiger partial charge >= 0.3 is 0 Å². The summed E-state index contributed by atoms with van der Waals surface area (Å²) in [5, 5.41) is 10.9. The average molecular weight is 637 g/mol. The molecule has 1 N–H and O–H groups in total. The van der Waals surface area contributed by atoms with Crippen molar-refractivity contribution in [3.8, 4) is 5.75 Å². The van der Waals surface area contributed by atoms with Crippen molar-refractivity contribution in [2.75, 3.05) is 4.90 Å². The number of phenols is 1. The number of anilines is 1. The first-order valence-corrected chi connectivity index (χ1v) is 14.8. The summed E-state index contributed by atoms with van der Waals surface area (Å²) in [4.78, 5) is 53.6. The molecule has 44 heavy (non-hydrogen) atoms. The van der Waals surface area contributed by atoms with Gasteiger partial charge in [0.05, 0.1) is 24.1 Å². The van der Waals surface area contributed by atoms with E-state index >= 15 is 0 Å². The summed E-state index contributed by atoms with van der Waals surface area (Å²) < 4.78 is 28.6. The molecule has 2 saturated heterocycles. The number of aromatic hydroxyl groups is 1. The maximum absolute atomic E-state index is 14.8. The van der Waals surface area contributed by atoms with Crippen molar-refractivity contribution < 1.29 is 33.1 Å². The van der Waals surface area contributed by atoms with E-state index in [0.29, 0.717) is 5.57 Å². The maximum atomic E-state index is 14.8. The van der Waals surface area contributed by atoms with Crippen LogP contribution < -0.4 is 4.90 Å². The van der Waals surface area contributed by atoms with Crippen molar-refractivity contribution in [1.82, 2.24) is 4.90 Å². The third kappa shape index (κ3) is 3.78. The molecule has 3 fully saturated rings. The van der Waals surface area contributed by atoms with E-state index in [1.54, 1.807) is 30.3 Å². The number of phenolic OH excluding ortho intramolecular Hbond substituents is 1. The number of benzene rings is 3. The van der Waals surface area contributed by atoms with Crippen LogP contribution in [0.5, 0.6) is 5.75 Å². The summed E-state index contributed by atoms with van der Waals surface area (Å²) >= 11 is 14.5. The Morgan fingerprint density at radius 3 is 2.25 bits per heavy atom. The second-order valence-electron chi connectivity index (χ2n) is 11.7. The van der Waals surface area contributed by atoms with Crippen LogP contribution in [-0.4, -0.2) is 43.4 Å². The van der Waals surface area contributed by atoms with E-state index in [9.17, 15) is 33.1 Å². The first kappa shape index (κ1) is 28.7. The van der Waals surface area contributed by atoms with E-state index in [-0.39, 0.29) is 36.5 Å². The zero-order valence-electron chi connectivity index (χ0n) is 22.9. The van der Waals surface area contributed by atoms with E-state index < -0.39 is 68.5 Å². The minimum atomic E-state index is -2.27. The first-order valence-electron chi connectivity index (χ1n) is 14.1. The number of allylic oxidation sites excluding steroid dienone is 2. The molecule has 2 aliphatic carbocycles. The van der Waals surface area contributed by atoms with Gasteiger partial charge in [0.25, 0.3) is 11.8 Å². The predicted molar refractivity (Wildman–Crippen MR) is 157 cm³/mol. The molecule has 0 bridgehead atoms. The highest BCUT2D eigenvalue weighted by Crippen LogP contribution is 2.66. The number of para-hydroxylation sites is 1. The molecule has 2 heterocycles. The van der Waals surface area contributed by atoms with Crippen molar-refractivity contribution in [2.24, 2.45) is 17.8 Å². The largest absolute Gasteiger partial charge is 0.505 e. The molecular weight excluding hydrogens is 613 g/mol. The minimum absolute atomic E-state index is 0.0223. The summed E-state index contributed by atoms with van der Waals surface area (Å²) in [6, 6.07) is 17.4. The van der Waals surface area contributed by atoms with Gasteiger partial charge in [-0.15, -0.1) is 23.2 Å². The molecule has 7 nitrogen and oxygen atoms in total. The van der Waals surface area contributed by atoms with E-state index in [1.165, 1.54) is 29.2 Å². The highest BCUT2D eigenvalue weighted by atomic mass is 35.5. The lowest BCUT2D eigenvalue weighted by Gasteiger charge is -2.50. The van der Waals surface area contributed by atoms with Crippen LogP contribution in [0.15, 0.2) is 84.4 Å². The number of alkyl halides is 2. The summed E-state index contributed by atoms with van der Waals surface area (Å²) in [5.41, 5.74) is 1.11. The third-order valence-corrected chi connectivity index (χ3v) is 10.9. The Labute approximate surface area is 260 Å². The molecule has 0 aromatic heterocycles. The van der Waals surface area contributed by atoms with Crippen LogP contribution in [0.25, 0.3) is 0 Å². The molecule has 224 valence electrons. The molecule has 0 unspecified atom stereocenters. The van der Waals surface area contributed by atoms with Gasteiger partial charge < -0.3 is 5.11 Å². The van der Waals surface area contributed by atoms with Crippen LogP contribution in [0, 0.1) is 29.4 Å². The number of hydrogen-bond acceptors (Lipinski definition) is 5. The molecule has 0 radical (unpaired) electrons. The van der Waals surface area contributed by atoms with Crippen LogP contribution >= 0.6 is 23.2 Å². The number of nitrogens with zero attached hydrogens (tertiary/aromatic N) is 2. The fourth-order valence-electron chi connectivity index (χ4n) is 7.50. The predicted octanol–water partition coefficient (Wildman–Crippen LogP) is 5.43. The van der Waals surface area contributed by atoms with Crippen LogP contribution in [0.3, 0.4) is 0 Å². The number of fused-ring (bicyclic) bond motifs is 4. The van der Waals surface area contributed by atoms with Crippen molar-refractivity contribution in [2.45, 2.75) is 35.1 Å². The first-order chi connectivity index (χ1) is 21.0. The summed E-state index contributed by atoms with van der Waals surface area (Å²) in [6.07, 6.45) is 1.56. The quantitative estimate of drug-likeness (QED) is 0.234. The van der Waals surface area contributed by atoms with Crippen molar-refractivity contribution in [3.63, 3.8) is 0 Å². The zero-order chi connectivity index (χ0) is 31.1. The van der Waals surface area contributed by atoms with Crippen LogP contribution in [0.2, 0.25) is 0 Å². The number of amides is 4. The zero-order valence-corrected chi connectivity index (χ0v) is 24.4. The van der Waals surface area contributed by atoms with Crippen LogP contribution in [-0.2, 0) is 25.7 Å². The molecule has 1 saturated carbocycles. The highest BCUT2D eigenvalue weighted by molar-refractivity contribution is 6.58. The third-order valence-electron chi connectivity index (χ3n) is 9.50. The molecule has 6 atom stereocenters. The van der Waals surface area contributed by atoms with Gasteiger partial charge in [-0.05, 0) is 54.7 Å². The van der Waals surface area contributed by atoms with Gasteiger partial charge in [0, 0.05) is 11.5 Å². The normalized spacial score (nSPS) is 31.1. The molecular formula is C33H24Cl2F2N2O5. The molecule has 2 aliphatic heterocycles. The number of rotatable bonds is 4. The van der Waals surface area contributed by atoms with Crippen molar-refractivity contribution >= 4 is 52.5 Å². The number of imide groups is 2. The summed E-state index contributed by atoms with van der Waals surface area (Å²) in [7, 11) is 0. The monoisotopic (exact) mass is 636 g/mol. The van der Waals surface area contributed by atoms with Crippen LogP contribution in [0.1, 0.15) is 29.9 Å². The van der Waals surface area contributed by atoms with Gasteiger partial charge in [0.2, 0.25) is 11.8 Å². The fourth-order valence-corrected chi connectivity index (χ4v) is 8.42. The standard InChI is InChI=1S/C33H24Cl2F2N2O5/c34-32-15-23-20(13-14-21-25(23)29(42)38(28(21)41)16-17-5-2-1-3-6-17)26(22-7-4-8-24(37)27(22)40)33(32,35)31(44)39(30(32)43)19-11-9-18(36)10-12-19/h1-13,21,23,25-26,40H,14-16H2/t21-,23+,25-,26+,32+,33-/m0/s1. The SMILES string of the molecule is O=C1[C@H]2[C@H](CC=C3[C@H]2C[C@@]2(Cl)C(=O)N(c4ccc(F)cc4)C(=O)[C@@]2(Cl)[C@H]3c2cccc(F)c2O)C(=O)N1Cc1ccccc1. The number of likely N-dealkylation sites (tertiary alicyclic amines) is 1. The number of carbonyl (C=O) groups is 4. The van der Waals surface area contributed by atoms with E-state index in [1.807, 2.05) is 6.07 Å². The number of halogens is 4. The Hall–Kier alpha value is -4.08. The Morgan fingerprint density at radius 1 is 0.841 bits per heavy atom. The van der Waals surface area contributed by atoms with E-state index in [4.69, 9.17) is 23.2 Å². The van der Waals surface area contributed by atoms with Crippen molar-refractivity contribution in [3.05, 3.63) is 107 Å². The lowest BCUT2D eigenvalue weighted by atomic mass is 9.56. The van der Waals surface area contributed by atoms with Gasteiger partial charge in [0.1, 0.15) is 5.82 Å². The van der Waals surface area contributed by atoms with Gasteiger partial charge in [0.15, 0.2) is 21.3 Å². The highest BCUT2D eigenvalue weighted by Gasteiger charge is 2.77. The summed E-state index contributed by atoms with van der Waals surface area (Å²) in [5.74, 6) is -8.85. The Balaban J connectivity index is 1.38. The fraction of sp³-hybridized carbons (Fsp3) is 0.273. The minimum Gasteiger partial charge on any atom is -0.505 e. The second-order valence-corrected chi connectivity index (χ2v) is 12.9. The summed E-state index contributed by atoms with van der Waals surface area (Å²) in [6.45, 7) is 0.0584. The molecule has 4 aliphatic rings. The maximum Gasteiger partial charge on any atom is 0.258 e. The van der Waals surface area contributed by atoms with Gasteiger partial charge in [-0.3, -0.25) is 24.1 Å². The molecule has 11 heteroatoms. The Bertz CT molecular complexity index is 1780. The molecule has 7 rings (SSSR count). The molecule has 4 amide bonds. The van der Waals surface area contributed by atoms with Gasteiger partial charge in [-0.2, -0.15) is 0 Å². The van der Waals surface area contributed by atoms with E-state index in [2.05, 4.69) is 0 Å². The number of hydrogen-bond donors (Lipinski definition) is 1. The van der Waals surface area contributed by atoms with Crippen LogP contribution in [0.4, 0.5) is 14.5 Å². The molecule has 3 aromatic rings. The lowest BCUT2D eigenvalue weighted by Crippen LogP contribution is -2.60. The Morgan fingerprint density at radius 2 is 1.55 bits per heavy atom. The number of carbonyl (C=O) groups excluding carboxylic acids is 4. The van der Waals surface area contributed by atoms with E-state index in [0.717, 1.165) is 28.7 Å². The van der Waals surface area contributed by atoms with Gasteiger partial charge in [-0.1, -0.05) is 54.1 Å². The topological polar surface area (TPSA) is 95.0 Å². The molecule has 3 aromatic carbocycles. The Kier molecular flexibility index (Phi) is 6.50. The lowest BCUT2D eigenvalue weighted by molar-refractivity contribution is -0.141. The van der Waals surface area contributed by atoms with Gasteiger partial charge in [-0.25, -0.2) is 13.7 Å².